The third kappa shape index (κ3) is 57.6. The van der Waals surface area contributed by atoms with Crippen molar-refractivity contribution >= 4 is 0 Å². The summed E-state index contributed by atoms with van der Waals surface area (Å²) in [5.41, 5.74) is -6.31. The van der Waals surface area contributed by atoms with Crippen molar-refractivity contribution in [1.29, 1.82) is 0 Å². The zero-order chi connectivity index (χ0) is 79.0. The lowest BCUT2D eigenvalue weighted by Crippen LogP contribution is -2.38. The average molecular weight is 1380 g/mol. The van der Waals surface area contributed by atoms with E-state index in [1.165, 1.54) is 25.7 Å². The molecule has 0 aromatic rings. The normalized spacial score (nSPS) is 15.5. The van der Waals surface area contributed by atoms with E-state index in [2.05, 4.69) is 159 Å². The topological polar surface area (TPSA) is 0 Å². The van der Waals surface area contributed by atoms with Crippen LogP contribution in [0.2, 0.25) is 0 Å². The van der Waals surface area contributed by atoms with Gasteiger partial charge in [0.25, 0.3) is 0 Å². The number of alkyl halides is 8. The molecule has 0 radical (unpaired) electrons. The monoisotopic (exact) mass is 1380 g/mol. The Bertz CT molecular complexity index is 1570. The molecule has 0 saturated heterocycles. The maximum absolute atomic E-state index is 14.0. The zero-order valence-corrected chi connectivity index (χ0v) is 74.1. The molecule has 0 aromatic heterocycles. The maximum Gasteiger partial charge on any atom is 0.113 e. The van der Waals surface area contributed by atoms with Crippen molar-refractivity contribution in [2.24, 2.45) is 74.9 Å². The van der Waals surface area contributed by atoms with Crippen molar-refractivity contribution in [3.05, 3.63) is 0 Å². The Morgan fingerprint density at radius 1 is 0.253 bits per heavy atom. The fraction of sp³-hybridized carbons (Fsp3) is 1.00. The molecule has 0 rings (SSSR count). The first-order valence-corrected chi connectivity index (χ1v) is 39.9. The van der Waals surface area contributed by atoms with Crippen LogP contribution in [0.1, 0.15) is 446 Å². The number of hydrogen-bond donors (Lipinski definition) is 0. The van der Waals surface area contributed by atoms with Gasteiger partial charge >= 0.3 is 0 Å². The van der Waals surface area contributed by atoms with E-state index in [4.69, 9.17) is 0 Å². The van der Waals surface area contributed by atoms with Gasteiger partial charge in [-0.05, 0) is 209 Å². The molecule has 0 amide bonds. The fourth-order valence-electron chi connectivity index (χ4n) is 12.9. The quantitative estimate of drug-likeness (QED) is 0.0629. The Morgan fingerprint density at radius 3 is 0.579 bits per heavy atom. The van der Waals surface area contributed by atoms with Crippen LogP contribution in [0.15, 0.2) is 0 Å². The third-order valence-corrected chi connectivity index (χ3v) is 23.1. The van der Waals surface area contributed by atoms with Crippen LogP contribution in [0.25, 0.3) is 0 Å². The van der Waals surface area contributed by atoms with Gasteiger partial charge in [-0.1, -0.05) is 307 Å². The lowest BCUT2D eigenvalue weighted by Gasteiger charge is -2.40. The Balaban J connectivity index is -0.000000106. The molecule has 8 heteroatoms. The Hall–Kier alpha value is -0.560. The molecule has 0 bridgehead atoms. The third-order valence-electron chi connectivity index (χ3n) is 23.1. The smallest absolute Gasteiger partial charge is 0.113 e. The van der Waals surface area contributed by atoms with Crippen molar-refractivity contribution in [3.8, 4) is 0 Å². The van der Waals surface area contributed by atoms with E-state index in [0.717, 1.165) is 50.9 Å². The number of hydrogen-bond acceptors (Lipinski definition) is 0. The highest BCUT2D eigenvalue weighted by atomic mass is 19.2. The summed E-state index contributed by atoms with van der Waals surface area (Å²) in [4.78, 5) is 0. The molecule has 0 N–H and O–H groups in total. The second kappa shape index (κ2) is 56.0. The van der Waals surface area contributed by atoms with Crippen LogP contribution in [-0.4, -0.2) is 45.4 Å². The van der Waals surface area contributed by atoms with Crippen LogP contribution < -0.4 is 0 Å². The summed E-state index contributed by atoms with van der Waals surface area (Å²) in [5.74, 6) is 3.36. The van der Waals surface area contributed by atoms with Crippen molar-refractivity contribution < 1.29 is 35.1 Å². The summed E-state index contributed by atoms with van der Waals surface area (Å²) in [5, 5.41) is 0. The van der Waals surface area contributed by atoms with Gasteiger partial charge in [-0.2, -0.15) is 0 Å². The van der Waals surface area contributed by atoms with Gasteiger partial charge in [0.2, 0.25) is 0 Å². The van der Waals surface area contributed by atoms with Crippen molar-refractivity contribution in [2.45, 2.75) is 492 Å². The minimum atomic E-state index is -1.04. The molecule has 0 nitrogen and oxygen atoms in total. The predicted octanol–water partition coefficient (Wildman–Crippen LogP) is 34.1. The van der Waals surface area contributed by atoms with Crippen LogP contribution in [0, 0.1) is 74.9 Å². The van der Waals surface area contributed by atoms with E-state index in [1.54, 1.807) is 62.3 Å². The molecule has 0 saturated carbocycles. The molecule has 0 fully saturated rings. The SMILES string of the molecule is CC(C)C(C(C)C)C(C)(C)F.CCC(C)(CC)C(C)(C)C.CCC(C)(CC)[C@@](C)(F)CC.CCC(C)(F)CC.CCC(CC)C(C)(C)C.CCC(CC)[C@@](C)(F)CC.CCCC(C)(F)CCC.CCC[C@@](C)(F)CC.CC[C@](C)(F)C(C(C)C)C(C)C.CC[C@](C)(F)C(C)C. The minimum Gasteiger partial charge on any atom is -0.244 e. The van der Waals surface area contributed by atoms with Crippen LogP contribution in [-0.2, 0) is 0 Å². The molecule has 0 aromatic carbocycles. The minimum absolute atomic E-state index is 0.137. The van der Waals surface area contributed by atoms with E-state index < -0.39 is 45.4 Å². The van der Waals surface area contributed by atoms with Gasteiger partial charge in [-0.15, -0.1) is 0 Å². The summed E-state index contributed by atoms with van der Waals surface area (Å²) < 4.78 is 106. The standard InChI is InChI=1S/C11H23F.2C10H21F.C10H22.C9H19F.C9H20.C8H17F.2C7H15F.C6H13F/c1-7-11(6,12)10(8(2)3)9(4)5;1-7(2)9(8(3)4)10(5,6)11;1-6-9(4,7-2)10(5,11)8-3;1-7-10(6,8-2)9(3,4)5;1-5-8(6-2)9(4,10)7-3;1-6-8(7-2)9(3,4)5;1-4-6-8(3,9)7-5-2;1-5-7(4,8)6(2)3;1-4-6-7(3,8)5-2;1-4-6(3,7)5-2/h8-10H,7H2,1-6H3;7-9H,1-6H3;6-8H2,1-5H3;7-8H2,1-6H3;8H,5-7H2,1-4H3;8H,6-7H2,1-5H3;4-7H2,1-3H3;6H,5H2,1-4H3;4-6H2,1-3H3;4-5H2,1-3H3/t11-;;10-;;9-;;;2*7-;/m0.0.0..00./s1. The number of halogens is 8. The van der Waals surface area contributed by atoms with Gasteiger partial charge < -0.3 is 0 Å². The lowest BCUT2D eigenvalue weighted by atomic mass is 9.65. The highest BCUT2D eigenvalue weighted by Crippen LogP contribution is 2.45. The Morgan fingerprint density at radius 2 is 0.516 bits per heavy atom. The van der Waals surface area contributed by atoms with Crippen molar-refractivity contribution in [3.63, 3.8) is 0 Å². The molecule has 0 heterocycles. The molecule has 590 valence electrons. The molecule has 0 aliphatic carbocycles. The van der Waals surface area contributed by atoms with E-state index in [-0.39, 0.29) is 29.1 Å². The summed E-state index contributed by atoms with van der Waals surface area (Å²) in [7, 11) is 0. The van der Waals surface area contributed by atoms with Crippen LogP contribution in [0.3, 0.4) is 0 Å². The van der Waals surface area contributed by atoms with E-state index in [1.807, 2.05) is 90.0 Å². The molecule has 0 aliphatic heterocycles. The first-order chi connectivity index (χ1) is 42.4. The first kappa shape index (κ1) is 116. The van der Waals surface area contributed by atoms with Gasteiger partial charge in [0.1, 0.15) is 45.4 Å². The molecule has 95 heavy (non-hydrogen) atoms. The van der Waals surface area contributed by atoms with Gasteiger partial charge in [0.05, 0.1) is 0 Å². The molecular formula is C87H186F8. The number of rotatable bonds is 30. The average Bonchev–Trinajstić information content (AvgIpc) is 0.866. The van der Waals surface area contributed by atoms with Crippen LogP contribution in [0.4, 0.5) is 35.1 Å². The Kier molecular flexibility index (Phi) is 68.1. The highest BCUT2D eigenvalue weighted by Gasteiger charge is 2.41. The van der Waals surface area contributed by atoms with Crippen molar-refractivity contribution in [2.75, 3.05) is 0 Å². The summed E-state index contributed by atoms with van der Waals surface area (Å²) in [6, 6.07) is 0. The van der Waals surface area contributed by atoms with Crippen LogP contribution in [0.5, 0.6) is 0 Å². The molecule has 0 unspecified atom stereocenters. The second-order valence-corrected chi connectivity index (χ2v) is 34.9. The molecule has 5 atom stereocenters. The summed E-state index contributed by atoms with van der Waals surface area (Å²) >= 11 is 0. The summed E-state index contributed by atoms with van der Waals surface area (Å²) in [6.45, 7) is 90.8. The van der Waals surface area contributed by atoms with E-state index in [0.29, 0.717) is 104 Å². The van der Waals surface area contributed by atoms with Gasteiger partial charge in [0, 0.05) is 5.41 Å². The van der Waals surface area contributed by atoms with Gasteiger partial charge in [-0.25, -0.2) is 35.1 Å². The Labute approximate surface area is 599 Å². The lowest BCUT2D eigenvalue weighted by molar-refractivity contribution is 0.00941. The highest BCUT2D eigenvalue weighted by molar-refractivity contribution is 4.91. The fourth-order valence-corrected chi connectivity index (χ4v) is 12.9. The molecular weight excluding hydrogens is 1200 g/mol. The second-order valence-electron chi connectivity index (χ2n) is 34.9. The first-order valence-electron chi connectivity index (χ1n) is 39.9. The van der Waals surface area contributed by atoms with Crippen molar-refractivity contribution in [1.82, 2.24) is 0 Å². The molecule has 0 aliphatic rings. The van der Waals surface area contributed by atoms with E-state index in [9.17, 15) is 35.1 Å². The van der Waals surface area contributed by atoms with E-state index >= 15 is 0 Å². The zero-order valence-electron chi connectivity index (χ0n) is 74.1. The maximum atomic E-state index is 14.0. The van der Waals surface area contributed by atoms with Gasteiger partial charge in [-0.3, -0.25) is 0 Å². The summed E-state index contributed by atoms with van der Waals surface area (Å²) in [6.07, 6.45) is 18.3. The molecule has 0 spiro atoms. The largest absolute Gasteiger partial charge is 0.244 e. The predicted molar refractivity (Wildman–Crippen MR) is 424 cm³/mol. The van der Waals surface area contributed by atoms with Gasteiger partial charge in [0.15, 0.2) is 0 Å². The van der Waals surface area contributed by atoms with Crippen LogP contribution >= 0.6 is 0 Å².